The lowest BCUT2D eigenvalue weighted by atomic mass is 10.2. The van der Waals surface area contributed by atoms with E-state index in [0.717, 1.165) is 28.8 Å². The Balaban J connectivity index is 1.38. The lowest BCUT2D eigenvalue weighted by Crippen LogP contribution is -2.37. The van der Waals surface area contributed by atoms with Crippen molar-refractivity contribution in [1.29, 1.82) is 0 Å². The van der Waals surface area contributed by atoms with Crippen molar-refractivity contribution in [2.24, 2.45) is 0 Å². The van der Waals surface area contributed by atoms with Gasteiger partial charge in [-0.3, -0.25) is 19.3 Å². The average Bonchev–Trinajstić information content (AvgIpc) is 3.30. The third-order valence-electron chi connectivity index (χ3n) is 4.44. The molecule has 160 valence electrons. The fourth-order valence-electron chi connectivity index (χ4n) is 2.92. The van der Waals surface area contributed by atoms with E-state index in [0.29, 0.717) is 17.1 Å². The van der Waals surface area contributed by atoms with Crippen molar-refractivity contribution in [2.45, 2.75) is 0 Å². The van der Waals surface area contributed by atoms with Crippen molar-refractivity contribution >= 4 is 58.1 Å². The van der Waals surface area contributed by atoms with Crippen molar-refractivity contribution in [3.8, 4) is 11.5 Å². The minimum Gasteiger partial charge on any atom is -0.454 e. The largest absolute Gasteiger partial charge is 0.454 e. The van der Waals surface area contributed by atoms with Gasteiger partial charge >= 0.3 is 0 Å². The summed E-state index contributed by atoms with van der Waals surface area (Å²) in [6.45, 7) is 0.0478. The molecule has 2 aromatic rings. The summed E-state index contributed by atoms with van der Waals surface area (Å²) in [6, 6.07) is 7.24. The molecule has 2 aromatic carbocycles. The summed E-state index contributed by atoms with van der Waals surface area (Å²) in [4.78, 5) is 38.3. The first-order chi connectivity index (χ1) is 14.8. The molecule has 11 heteroatoms. The second-order valence-electron chi connectivity index (χ2n) is 6.45. The van der Waals surface area contributed by atoms with E-state index in [4.69, 9.17) is 32.7 Å². The Bertz CT molecular complexity index is 1140. The Morgan fingerprint density at radius 3 is 2.74 bits per heavy atom. The molecule has 7 nitrogen and oxygen atoms in total. The van der Waals surface area contributed by atoms with Crippen LogP contribution >= 0.6 is 35.0 Å². The molecule has 31 heavy (non-hydrogen) atoms. The zero-order valence-electron chi connectivity index (χ0n) is 15.6. The smallest absolute Gasteiger partial charge is 0.293 e. The number of imide groups is 1. The van der Waals surface area contributed by atoms with E-state index < -0.39 is 22.9 Å². The van der Waals surface area contributed by atoms with Gasteiger partial charge in [-0.1, -0.05) is 29.3 Å². The topological polar surface area (TPSA) is 84.9 Å². The van der Waals surface area contributed by atoms with Crippen LogP contribution in [0.1, 0.15) is 15.9 Å². The Labute approximate surface area is 190 Å². The first-order valence-corrected chi connectivity index (χ1v) is 10.5. The average molecular weight is 483 g/mol. The number of carbonyl (C=O) groups is 3. The summed E-state index contributed by atoms with van der Waals surface area (Å²) in [5.41, 5.74) is 0.586. The number of fused-ring (bicyclic) bond motifs is 1. The number of nitrogens with zero attached hydrogens (tertiary/aromatic N) is 1. The van der Waals surface area contributed by atoms with E-state index in [1.807, 2.05) is 0 Å². The van der Waals surface area contributed by atoms with Crippen molar-refractivity contribution < 1.29 is 28.2 Å². The van der Waals surface area contributed by atoms with Gasteiger partial charge < -0.3 is 14.8 Å². The second-order valence-corrected chi connectivity index (χ2v) is 8.26. The van der Waals surface area contributed by atoms with Gasteiger partial charge in [0.2, 0.25) is 6.79 Å². The highest BCUT2D eigenvalue weighted by atomic mass is 35.5. The second kappa shape index (κ2) is 8.78. The van der Waals surface area contributed by atoms with Crippen LogP contribution < -0.4 is 14.8 Å². The molecule has 1 fully saturated rings. The first-order valence-electron chi connectivity index (χ1n) is 8.91. The van der Waals surface area contributed by atoms with Gasteiger partial charge in [-0.05, 0) is 47.7 Å². The van der Waals surface area contributed by atoms with E-state index in [1.165, 1.54) is 0 Å². The molecule has 2 aliphatic rings. The molecule has 0 aliphatic carbocycles. The maximum absolute atomic E-state index is 13.6. The van der Waals surface area contributed by atoms with Gasteiger partial charge in [0.15, 0.2) is 11.5 Å². The van der Waals surface area contributed by atoms with Crippen LogP contribution in [0.4, 0.5) is 9.18 Å². The lowest BCUT2D eigenvalue weighted by molar-refractivity contribution is -0.122. The minimum absolute atomic E-state index is 0.0123. The van der Waals surface area contributed by atoms with E-state index >= 15 is 0 Å². The van der Waals surface area contributed by atoms with Crippen molar-refractivity contribution in [3.05, 3.63) is 62.2 Å². The summed E-state index contributed by atoms with van der Waals surface area (Å²) in [5, 5.41) is 1.84. The van der Waals surface area contributed by atoms with Crippen molar-refractivity contribution in [1.82, 2.24) is 10.2 Å². The molecule has 3 amide bonds. The van der Waals surface area contributed by atoms with Crippen LogP contribution in [0.3, 0.4) is 0 Å². The summed E-state index contributed by atoms with van der Waals surface area (Å²) in [6.07, 6.45) is 1.59. The third-order valence-corrected chi connectivity index (χ3v) is 5.95. The fourth-order valence-corrected chi connectivity index (χ4v) is 4.25. The molecule has 1 saturated heterocycles. The van der Waals surface area contributed by atoms with Crippen LogP contribution in [0.2, 0.25) is 10.0 Å². The summed E-state index contributed by atoms with van der Waals surface area (Å²) < 4.78 is 24.1. The van der Waals surface area contributed by atoms with Gasteiger partial charge in [-0.15, -0.1) is 0 Å². The van der Waals surface area contributed by atoms with Crippen LogP contribution in [0.5, 0.6) is 11.5 Å². The maximum atomic E-state index is 13.6. The summed E-state index contributed by atoms with van der Waals surface area (Å²) >= 11 is 12.3. The quantitative estimate of drug-likeness (QED) is 0.504. The minimum atomic E-state index is -0.782. The molecule has 4 rings (SSSR count). The standard InChI is InChI=1S/C20H13Cl2FN2O5S/c21-12-8-13(22)14(23)7-11(12)18(26)24-3-4-25-19(27)17(31-20(25)28)6-10-1-2-15-16(5-10)30-9-29-15/h1-2,5-8H,3-4,9H2,(H,24,26)/b17-6-. The number of carbonyl (C=O) groups excluding carboxylic acids is 3. The Hall–Kier alpha value is -2.75. The number of amides is 3. The monoisotopic (exact) mass is 482 g/mol. The molecule has 2 heterocycles. The zero-order chi connectivity index (χ0) is 22.1. The predicted octanol–water partition coefficient (Wildman–Crippen LogP) is 4.33. The van der Waals surface area contributed by atoms with Crippen LogP contribution in [0.15, 0.2) is 35.2 Å². The number of ether oxygens (including phenoxy) is 2. The number of nitrogens with one attached hydrogen (secondary N) is 1. The third kappa shape index (κ3) is 4.48. The van der Waals surface area contributed by atoms with Gasteiger partial charge in [-0.2, -0.15) is 0 Å². The number of hydrogen-bond acceptors (Lipinski definition) is 6. The molecular weight excluding hydrogens is 470 g/mol. The molecule has 0 saturated carbocycles. The van der Waals surface area contributed by atoms with Crippen LogP contribution in [-0.2, 0) is 4.79 Å². The predicted molar refractivity (Wildman–Crippen MR) is 114 cm³/mol. The Kier molecular flexibility index (Phi) is 6.08. The highest BCUT2D eigenvalue weighted by Crippen LogP contribution is 2.36. The van der Waals surface area contributed by atoms with E-state index in [9.17, 15) is 18.8 Å². The zero-order valence-corrected chi connectivity index (χ0v) is 17.9. The molecule has 0 unspecified atom stereocenters. The van der Waals surface area contributed by atoms with Crippen molar-refractivity contribution in [3.63, 3.8) is 0 Å². The van der Waals surface area contributed by atoms with Crippen molar-refractivity contribution in [2.75, 3.05) is 19.9 Å². The summed E-state index contributed by atoms with van der Waals surface area (Å²) in [7, 11) is 0. The molecule has 1 N–H and O–H groups in total. The van der Waals surface area contributed by atoms with Gasteiger partial charge in [0, 0.05) is 13.1 Å². The molecule has 2 aliphatic heterocycles. The molecule has 0 atom stereocenters. The molecule has 0 spiro atoms. The fraction of sp³-hybridized carbons (Fsp3) is 0.150. The van der Waals surface area contributed by atoms with E-state index in [1.54, 1.807) is 24.3 Å². The number of thioether (sulfide) groups is 1. The van der Waals surface area contributed by atoms with Crippen LogP contribution in [0, 0.1) is 5.82 Å². The normalized spacial score (nSPS) is 16.4. The van der Waals surface area contributed by atoms with Crippen LogP contribution in [0.25, 0.3) is 6.08 Å². The molecular formula is C20H13Cl2FN2O5S. The Morgan fingerprint density at radius 2 is 1.94 bits per heavy atom. The number of halogens is 3. The molecule has 0 bridgehead atoms. The van der Waals surface area contributed by atoms with Gasteiger partial charge in [0.1, 0.15) is 5.82 Å². The summed E-state index contributed by atoms with van der Waals surface area (Å²) in [5.74, 6) is -0.730. The lowest BCUT2D eigenvalue weighted by Gasteiger charge is -2.13. The van der Waals surface area contributed by atoms with Gasteiger partial charge in [0.05, 0.1) is 20.5 Å². The van der Waals surface area contributed by atoms with E-state index in [-0.39, 0.29) is 40.4 Å². The number of rotatable bonds is 5. The molecule has 0 aromatic heterocycles. The van der Waals surface area contributed by atoms with Gasteiger partial charge in [0.25, 0.3) is 17.1 Å². The molecule has 0 radical (unpaired) electrons. The number of hydrogen-bond donors (Lipinski definition) is 1. The van der Waals surface area contributed by atoms with E-state index in [2.05, 4.69) is 5.32 Å². The van der Waals surface area contributed by atoms with Crippen LogP contribution in [-0.4, -0.2) is 41.8 Å². The number of benzene rings is 2. The maximum Gasteiger partial charge on any atom is 0.293 e. The highest BCUT2D eigenvalue weighted by Gasteiger charge is 2.34. The first kappa shape index (κ1) is 21.5. The Morgan fingerprint density at radius 1 is 1.16 bits per heavy atom. The SMILES string of the molecule is O=C(NCCN1C(=O)S/C(=C\c2ccc3c(c2)OCO3)C1=O)c1cc(F)c(Cl)cc1Cl. The highest BCUT2D eigenvalue weighted by molar-refractivity contribution is 8.18. The van der Waals surface area contributed by atoms with Gasteiger partial charge in [-0.25, -0.2) is 4.39 Å².